The average Bonchev–Trinajstić information content (AvgIpc) is 2.62. The molecule has 20 heavy (non-hydrogen) atoms. The quantitative estimate of drug-likeness (QED) is 0.793. The predicted molar refractivity (Wildman–Crippen MR) is 74.9 cm³/mol. The van der Waals surface area contributed by atoms with E-state index in [4.69, 9.17) is 0 Å². The van der Waals surface area contributed by atoms with Crippen LogP contribution >= 0.6 is 0 Å². The van der Waals surface area contributed by atoms with Crippen molar-refractivity contribution in [3.8, 4) is 0 Å². The van der Waals surface area contributed by atoms with E-state index < -0.39 is 5.82 Å². The third-order valence-electron chi connectivity index (χ3n) is 4.01. The van der Waals surface area contributed by atoms with E-state index >= 15 is 0 Å². The molecule has 0 spiro atoms. The Hall–Kier alpha value is -1.71. The highest BCUT2D eigenvalue weighted by Crippen LogP contribution is 2.21. The lowest BCUT2D eigenvalue weighted by Crippen LogP contribution is -2.35. The van der Waals surface area contributed by atoms with Crippen molar-refractivity contribution in [2.75, 3.05) is 13.1 Å². The van der Waals surface area contributed by atoms with Gasteiger partial charge in [-0.2, -0.15) is 0 Å². The van der Waals surface area contributed by atoms with Crippen molar-refractivity contribution in [1.82, 2.24) is 4.90 Å². The molecule has 1 aromatic rings. The standard InChI is InChI=1S/C16H20FNO2/c1-2-12-7-8-16(20)18(10-9-12)11-15(19)13-5-3-4-6-14(13)17/h3-6,12H,2,7-11H2,1H3. The zero-order chi connectivity index (χ0) is 14.5. The third-order valence-corrected chi connectivity index (χ3v) is 4.01. The fraction of sp³-hybridized carbons (Fsp3) is 0.500. The Morgan fingerprint density at radius 1 is 1.35 bits per heavy atom. The van der Waals surface area contributed by atoms with E-state index in [0.29, 0.717) is 18.9 Å². The van der Waals surface area contributed by atoms with Crippen LogP contribution in [-0.2, 0) is 4.79 Å². The number of Topliss-reactive ketones (excluding diaryl/α,β-unsaturated/α-hetero) is 1. The van der Waals surface area contributed by atoms with E-state index in [2.05, 4.69) is 6.92 Å². The molecule has 1 heterocycles. The molecule has 0 aromatic heterocycles. The zero-order valence-electron chi connectivity index (χ0n) is 11.8. The van der Waals surface area contributed by atoms with Gasteiger partial charge in [0.05, 0.1) is 12.1 Å². The highest BCUT2D eigenvalue weighted by Gasteiger charge is 2.24. The fourth-order valence-corrected chi connectivity index (χ4v) is 2.61. The number of benzene rings is 1. The topological polar surface area (TPSA) is 37.4 Å². The SMILES string of the molecule is CCC1CCC(=O)N(CC(=O)c2ccccc2F)CC1. The lowest BCUT2D eigenvalue weighted by molar-refractivity contribution is -0.130. The minimum atomic E-state index is -0.522. The molecule has 1 atom stereocenters. The maximum absolute atomic E-state index is 13.6. The Balaban J connectivity index is 2.03. The molecular weight excluding hydrogens is 257 g/mol. The Morgan fingerprint density at radius 2 is 2.10 bits per heavy atom. The first-order chi connectivity index (χ1) is 9.61. The van der Waals surface area contributed by atoms with Gasteiger partial charge in [-0.25, -0.2) is 4.39 Å². The highest BCUT2D eigenvalue weighted by molar-refractivity contribution is 5.99. The van der Waals surface area contributed by atoms with Crippen molar-refractivity contribution in [1.29, 1.82) is 0 Å². The number of likely N-dealkylation sites (tertiary alicyclic amines) is 1. The van der Waals surface area contributed by atoms with Gasteiger partial charge in [0, 0.05) is 13.0 Å². The molecule has 1 aliphatic heterocycles. The Kier molecular flexibility index (Phi) is 4.88. The maximum Gasteiger partial charge on any atom is 0.222 e. The van der Waals surface area contributed by atoms with Crippen molar-refractivity contribution >= 4 is 11.7 Å². The Labute approximate surface area is 118 Å². The predicted octanol–water partition coefficient (Wildman–Crippen LogP) is 3.05. The Morgan fingerprint density at radius 3 is 2.80 bits per heavy atom. The number of carbonyl (C=O) groups excluding carboxylic acids is 2. The number of carbonyl (C=O) groups is 2. The number of hydrogen-bond acceptors (Lipinski definition) is 2. The van der Waals surface area contributed by atoms with Gasteiger partial charge in [0.1, 0.15) is 5.82 Å². The summed E-state index contributed by atoms with van der Waals surface area (Å²) in [5.41, 5.74) is 0.0663. The zero-order valence-corrected chi connectivity index (χ0v) is 11.8. The lowest BCUT2D eigenvalue weighted by Gasteiger charge is -2.20. The third kappa shape index (κ3) is 3.44. The molecule has 108 valence electrons. The second kappa shape index (κ2) is 6.64. The van der Waals surface area contributed by atoms with Crippen LogP contribution in [0.1, 0.15) is 43.0 Å². The molecule has 1 saturated heterocycles. The first kappa shape index (κ1) is 14.7. The molecule has 4 heteroatoms. The summed E-state index contributed by atoms with van der Waals surface area (Å²) in [6.07, 6.45) is 3.36. The van der Waals surface area contributed by atoms with Crippen LogP contribution < -0.4 is 0 Å². The normalized spacial score (nSPS) is 19.8. The van der Waals surface area contributed by atoms with E-state index in [1.165, 1.54) is 12.1 Å². The molecule has 0 radical (unpaired) electrons. The van der Waals surface area contributed by atoms with Crippen molar-refractivity contribution in [2.45, 2.75) is 32.6 Å². The molecule has 0 bridgehead atoms. The van der Waals surface area contributed by atoms with E-state index in [1.54, 1.807) is 17.0 Å². The van der Waals surface area contributed by atoms with Gasteiger partial charge in [-0.1, -0.05) is 25.5 Å². The maximum atomic E-state index is 13.6. The van der Waals surface area contributed by atoms with Crippen LogP contribution in [0.4, 0.5) is 4.39 Å². The van der Waals surface area contributed by atoms with E-state index in [0.717, 1.165) is 19.3 Å². The van der Waals surface area contributed by atoms with Crippen LogP contribution in [0.15, 0.2) is 24.3 Å². The van der Waals surface area contributed by atoms with Gasteiger partial charge in [-0.15, -0.1) is 0 Å². The van der Waals surface area contributed by atoms with Crippen LogP contribution in [0.2, 0.25) is 0 Å². The molecule has 0 saturated carbocycles. The second-order valence-electron chi connectivity index (χ2n) is 5.32. The molecule has 3 nitrogen and oxygen atoms in total. The summed E-state index contributed by atoms with van der Waals surface area (Å²) in [6, 6.07) is 5.92. The Bertz CT molecular complexity index is 501. The smallest absolute Gasteiger partial charge is 0.222 e. The summed E-state index contributed by atoms with van der Waals surface area (Å²) in [7, 11) is 0. The molecule has 1 amide bonds. The molecule has 0 aliphatic carbocycles. The van der Waals surface area contributed by atoms with Crippen molar-refractivity contribution in [3.05, 3.63) is 35.6 Å². The second-order valence-corrected chi connectivity index (χ2v) is 5.32. The van der Waals surface area contributed by atoms with Crippen LogP contribution in [0.25, 0.3) is 0 Å². The van der Waals surface area contributed by atoms with Crippen LogP contribution in [0.3, 0.4) is 0 Å². The summed E-state index contributed by atoms with van der Waals surface area (Å²) in [4.78, 5) is 25.7. The molecule has 2 rings (SSSR count). The number of ketones is 1. The number of amides is 1. The van der Waals surface area contributed by atoms with Crippen molar-refractivity contribution < 1.29 is 14.0 Å². The molecule has 1 fully saturated rings. The van der Waals surface area contributed by atoms with Gasteiger partial charge >= 0.3 is 0 Å². The van der Waals surface area contributed by atoms with Gasteiger partial charge in [-0.3, -0.25) is 9.59 Å². The average molecular weight is 277 g/mol. The van der Waals surface area contributed by atoms with Crippen LogP contribution in [-0.4, -0.2) is 29.7 Å². The minimum Gasteiger partial charge on any atom is -0.335 e. The van der Waals surface area contributed by atoms with Gasteiger partial charge in [0.2, 0.25) is 5.91 Å². The number of halogens is 1. The molecule has 1 unspecified atom stereocenters. The largest absolute Gasteiger partial charge is 0.335 e. The summed E-state index contributed by atoms with van der Waals surface area (Å²) >= 11 is 0. The van der Waals surface area contributed by atoms with Gasteiger partial charge in [0.15, 0.2) is 5.78 Å². The van der Waals surface area contributed by atoms with E-state index in [1.807, 2.05) is 0 Å². The van der Waals surface area contributed by atoms with E-state index in [-0.39, 0.29) is 23.8 Å². The van der Waals surface area contributed by atoms with Crippen LogP contribution in [0.5, 0.6) is 0 Å². The summed E-state index contributed by atoms with van der Waals surface area (Å²) in [5.74, 6) is -0.296. The minimum absolute atomic E-state index is 0.00522. The molecular formula is C16H20FNO2. The molecule has 0 N–H and O–H groups in total. The monoisotopic (exact) mass is 277 g/mol. The molecule has 1 aliphatic rings. The van der Waals surface area contributed by atoms with Gasteiger partial charge in [-0.05, 0) is 30.9 Å². The fourth-order valence-electron chi connectivity index (χ4n) is 2.61. The summed E-state index contributed by atoms with van der Waals surface area (Å²) in [5, 5.41) is 0. The van der Waals surface area contributed by atoms with E-state index in [9.17, 15) is 14.0 Å². The van der Waals surface area contributed by atoms with Crippen molar-refractivity contribution in [2.24, 2.45) is 5.92 Å². The number of rotatable bonds is 4. The first-order valence-electron chi connectivity index (χ1n) is 7.17. The molecule has 1 aromatic carbocycles. The number of hydrogen-bond donors (Lipinski definition) is 0. The summed E-state index contributed by atoms with van der Waals surface area (Å²) < 4.78 is 13.6. The van der Waals surface area contributed by atoms with Crippen LogP contribution in [0, 0.1) is 11.7 Å². The van der Waals surface area contributed by atoms with Gasteiger partial charge < -0.3 is 4.90 Å². The number of nitrogens with zero attached hydrogens (tertiary/aromatic N) is 1. The summed E-state index contributed by atoms with van der Waals surface area (Å²) in [6.45, 7) is 2.70. The lowest BCUT2D eigenvalue weighted by atomic mass is 9.98. The highest BCUT2D eigenvalue weighted by atomic mass is 19.1. The van der Waals surface area contributed by atoms with Gasteiger partial charge in [0.25, 0.3) is 0 Å². The van der Waals surface area contributed by atoms with Crippen molar-refractivity contribution in [3.63, 3.8) is 0 Å². The first-order valence-corrected chi connectivity index (χ1v) is 7.17.